The maximum Gasteiger partial charge on any atom is 0.160 e. The van der Waals surface area contributed by atoms with Crippen LogP contribution in [0.5, 0.6) is 0 Å². The van der Waals surface area contributed by atoms with Crippen molar-refractivity contribution in [2.75, 3.05) is 0 Å². The zero-order chi connectivity index (χ0) is 33.7. The van der Waals surface area contributed by atoms with Gasteiger partial charge < -0.3 is 0 Å². The van der Waals surface area contributed by atoms with E-state index in [4.69, 9.17) is 9.97 Å². The highest BCUT2D eigenvalue weighted by molar-refractivity contribution is 7.26. The zero-order valence-electron chi connectivity index (χ0n) is 27.6. The average Bonchev–Trinajstić information content (AvgIpc) is 3.60. The van der Waals surface area contributed by atoms with Gasteiger partial charge in [-0.2, -0.15) is 0 Å². The molecule has 0 saturated heterocycles. The smallest absolute Gasteiger partial charge is 0.160 e. The molecule has 0 aliphatic carbocycles. The summed E-state index contributed by atoms with van der Waals surface area (Å²) in [6.07, 6.45) is 0. The molecule has 238 valence electrons. The van der Waals surface area contributed by atoms with Crippen LogP contribution in [0.3, 0.4) is 0 Å². The zero-order valence-corrected chi connectivity index (χ0v) is 28.4. The van der Waals surface area contributed by atoms with Gasteiger partial charge in [-0.1, -0.05) is 158 Å². The molecule has 2 nitrogen and oxygen atoms in total. The summed E-state index contributed by atoms with van der Waals surface area (Å²) in [6, 6.07) is 64.9. The molecule has 2 heterocycles. The molecule has 8 aromatic carbocycles. The van der Waals surface area contributed by atoms with Crippen LogP contribution in [0.1, 0.15) is 0 Å². The van der Waals surface area contributed by atoms with Gasteiger partial charge in [-0.15, -0.1) is 11.3 Å². The summed E-state index contributed by atoms with van der Waals surface area (Å²) >= 11 is 1.87. The first-order chi connectivity index (χ1) is 25.3. The van der Waals surface area contributed by atoms with Crippen LogP contribution in [0.15, 0.2) is 182 Å². The third kappa shape index (κ3) is 5.10. The first kappa shape index (κ1) is 29.5. The van der Waals surface area contributed by atoms with Crippen molar-refractivity contribution >= 4 is 53.1 Å². The Labute approximate surface area is 300 Å². The van der Waals surface area contributed by atoms with E-state index in [9.17, 15) is 0 Å². The third-order valence-corrected chi connectivity index (χ3v) is 11.1. The van der Waals surface area contributed by atoms with E-state index in [1.54, 1.807) is 0 Å². The van der Waals surface area contributed by atoms with Crippen LogP contribution < -0.4 is 0 Å². The molecule has 0 aliphatic rings. The molecule has 2 aromatic heterocycles. The number of fused-ring (bicyclic) bond motifs is 5. The number of benzene rings is 8. The van der Waals surface area contributed by atoms with E-state index in [-0.39, 0.29) is 0 Å². The second-order valence-corrected chi connectivity index (χ2v) is 14.0. The molecule has 0 atom stereocenters. The monoisotopic (exact) mass is 666 g/mol. The Morgan fingerprint density at radius 2 is 0.922 bits per heavy atom. The normalized spacial score (nSPS) is 11.5. The number of nitrogens with zero attached hydrogens (tertiary/aromatic N) is 2. The highest BCUT2D eigenvalue weighted by Crippen LogP contribution is 2.44. The van der Waals surface area contributed by atoms with E-state index in [2.05, 4.69) is 176 Å². The lowest BCUT2D eigenvalue weighted by molar-refractivity contribution is 1.19. The first-order valence-corrected chi connectivity index (χ1v) is 18.1. The fourth-order valence-electron chi connectivity index (χ4n) is 7.48. The number of hydrogen-bond acceptors (Lipinski definition) is 3. The average molecular weight is 667 g/mol. The van der Waals surface area contributed by atoms with Crippen LogP contribution >= 0.6 is 11.3 Å². The van der Waals surface area contributed by atoms with Crippen molar-refractivity contribution in [3.8, 4) is 56.2 Å². The largest absolute Gasteiger partial charge is 0.228 e. The summed E-state index contributed by atoms with van der Waals surface area (Å²) in [5.74, 6) is 0.709. The van der Waals surface area contributed by atoms with Gasteiger partial charge in [0.25, 0.3) is 0 Å². The van der Waals surface area contributed by atoms with Crippen molar-refractivity contribution in [2.24, 2.45) is 0 Å². The maximum absolute atomic E-state index is 5.28. The van der Waals surface area contributed by atoms with Crippen LogP contribution in [0.4, 0.5) is 0 Å². The van der Waals surface area contributed by atoms with Crippen molar-refractivity contribution in [1.82, 2.24) is 9.97 Å². The predicted molar refractivity (Wildman–Crippen MR) is 217 cm³/mol. The third-order valence-electron chi connectivity index (χ3n) is 9.90. The van der Waals surface area contributed by atoms with Crippen molar-refractivity contribution in [3.63, 3.8) is 0 Å². The van der Waals surface area contributed by atoms with Gasteiger partial charge in [0.05, 0.1) is 11.4 Å². The van der Waals surface area contributed by atoms with Crippen LogP contribution in [0.2, 0.25) is 0 Å². The Hall–Kier alpha value is -6.42. The lowest BCUT2D eigenvalue weighted by Crippen LogP contribution is -1.97. The Morgan fingerprint density at radius 1 is 0.333 bits per heavy atom. The van der Waals surface area contributed by atoms with Crippen LogP contribution in [0, 0.1) is 0 Å². The lowest BCUT2D eigenvalue weighted by Gasteiger charge is -2.15. The van der Waals surface area contributed by atoms with E-state index >= 15 is 0 Å². The minimum Gasteiger partial charge on any atom is -0.228 e. The molecule has 0 spiro atoms. The summed E-state index contributed by atoms with van der Waals surface area (Å²) < 4.78 is 2.63. The van der Waals surface area contributed by atoms with E-state index in [1.165, 1.54) is 53.0 Å². The van der Waals surface area contributed by atoms with Crippen molar-refractivity contribution < 1.29 is 0 Å². The highest BCUT2D eigenvalue weighted by Gasteiger charge is 2.18. The van der Waals surface area contributed by atoms with Crippen LogP contribution in [0.25, 0.3) is 97.9 Å². The molecule has 0 aliphatic heterocycles. The van der Waals surface area contributed by atoms with Gasteiger partial charge in [0, 0.05) is 42.4 Å². The van der Waals surface area contributed by atoms with E-state index in [0.717, 1.165) is 39.0 Å². The van der Waals surface area contributed by atoms with Gasteiger partial charge >= 0.3 is 0 Å². The van der Waals surface area contributed by atoms with Crippen LogP contribution in [-0.4, -0.2) is 9.97 Å². The summed E-state index contributed by atoms with van der Waals surface area (Å²) in [5.41, 5.74) is 9.79. The fourth-order valence-corrected chi connectivity index (χ4v) is 8.71. The summed E-state index contributed by atoms with van der Waals surface area (Å²) in [6.45, 7) is 0. The molecule has 0 N–H and O–H groups in total. The molecular weight excluding hydrogens is 637 g/mol. The van der Waals surface area contributed by atoms with E-state index < -0.39 is 0 Å². The molecule has 0 saturated carbocycles. The minimum absolute atomic E-state index is 0.709. The Morgan fingerprint density at radius 3 is 1.71 bits per heavy atom. The number of hydrogen-bond donors (Lipinski definition) is 0. The molecule has 10 rings (SSSR count). The van der Waals surface area contributed by atoms with Gasteiger partial charge in [-0.25, -0.2) is 9.97 Å². The molecule has 10 aromatic rings. The molecule has 51 heavy (non-hydrogen) atoms. The molecule has 3 heteroatoms. The maximum atomic E-state index is 5.28. The highest BCUT2D eigenvalue weighted by atomic mass is 32.1. The summed E-state index contributed by atoms with van der Waals surface area (Å²) in [7, 11) is 0. The van der Waals surface area contributed by atoms with Gasteiger partial charge in [-0.05, 0) is 62.5 Å². The molecule has 0 fully saturated rings. The van der Waals surface area contributed by atoms with Crippen molar-refractivity contribution in [3.05, 3.63) is 182 Å². The van der Waals surface area contributed by atoms with Gasteiger partial charge in [0.2, 0.25) is 0 Å². The molecule has 0 amide bonds. The standard InChI is InChI=1S/C48H30N2S/c1-3-14-31(15-4-1)34-28-33-18-7-8-19-35(33)43(29-34)45-30-44(49-48(50-45)32-16-5-2-6-17-32)39-27-26-38(36-20-9-10-21-37(36)39)41-23-13-24-42-40-22-11-12-25-46(40)51-47(41)42/h1-30H. The Kier molecular flexibility index (Phi) is 7.04. The van der Waals surface area contributed by atoms with Gasteiger partial charge in [0.15, 0.2) is 5.82 Å². The second kappa shape index (κ2) is 12.2. The van der Waals surface area contributed by atoms with E-state index in [0.29, 0.717) is 5.82 Å². The SMILES string of the molecule is c1ccc(-c2cc(-c3cc(-c4ccc(-c5cccc6c5sc5ccccc56)c5ccccc45)nc(-c4ccccc4)n3)c3ccccc3c2)cc1. The number of thiophene rings is 1. The second-order valence-electron chi connectivity index (χ2n) is 12.9. The minimum atomic E-state index is 0.709. The van der Waals surface area contributed by atoms with Crippen molar-refractivity contribution in [1.29, 1.82) is 0 Å². The number of rotatable bonds is 5. The van der Waals surface area contributed by atoms with Gasteiger partial charge in [-0.3, -0.25) is 0 Å². The van der Waals surface area contributed by atoms with Crippen LogP contribution in [-0.2, 0) is 0 Å². The molecule has 0 unspecified atom stereocenters. The van der Waals surface area contributed by atoms with E-state index in [1.807, 2.05) is 17.4 Å². The molecule has 0 bridgehead atoms. The molecule has 0 radical (unpaired) electrons. The first-order valence-electron chi connectivity index (χ1n) is 17.2. The van der Waals surface area contributed by atoms with Crippen molar-refractivity contribution in [2.45, 2.75) is 0 Å². The van der Waals surface area contributed by atoms with Gasteiger partial charge in [0.1, 0.15) is 0 Å². The summed E-state index contributed by atoms with van der Waals surface area (Å²) in [5, 5.41) is 7.33. The Bertz CT molecular complexity index is 2910. The molecular formula is C48H30N2S. The topological polar surface area (TPSA) is 25.8 Å². The number of aromatic nitrogens is 2. The predicted octanol–water partition coefficient (Wildman–Crippen LogP) is 13.5. The quantitative estimate of drug-likeness (QED) is 0.183. The fraction of sp³-hybridized carbons (Fsp3) is 0. The Balaban J connectivity index is 1.21. The lowest BCUT2D eigenvalue weighted by atomic mass is 9.92. The summed E-state index contributed by atoms with van der Waals surface area (Å²) in [4.78, 5) is 10.6.